The summed E-state index contributed by atoms with van der Waals surface area (Å²) >= 11 is 6.88. The van der Waals surface area contributed by atoms with E-state index in [1.165, 1.54) is 12.7 Å². The van der Waals surface area contributed by atoms with Crippen molar-refractivity contribution in [3.63, 3.8) is 0 Å². The Balaban J connectivity index is 1.70. The van der Waals surface area contributed by atoms with Gasteiger partial charge in [0.1, 0.15) is 0 Å². The van der Waals surface area contributed by atoms with E-state index in [0.717, 1.165) is 53.6 Å². The minimum absolute atomic E-state index is 0.0186. The molecule has 0 radical (unpaired) electrons. The Morgan fingerprint density at radius 3 is 2.63 bits per heavy atom. The topological polar surface area (TPSA) is 90.9 Å². The van der Waals surface area contributed by atoms with Crippen LogP contribution in [0.1, 0.15) is 65.2 Å². The van der Waals surface area contributed by atoms with E-state index in [4.69, 9.17) is 16.3 Å². The van der Waals surface area contributed by atoms with Crippen molar-refractivity contribution in [1.29, 1.82) is 0 Å². The van der Waals surface area contributed by atoms with Crippen LogP contribution in [0.5, 0.6) is 0 Å². The molecule has 230 valence electrons. The Morgan fingerprint density at radius 2 is 1.91 bits per heavy atom. The number of aryl methyl sites for hydroxylation is 2. The maximum Gasteiger partial charge on any atom is 0.406 e. The number of piperidine rings is 1. The Kier molecular flexibility index (Phi) is 11.2. The molecule has 1 aliphatic rings. The lowest BCUT2D eigenvalue weighted by molar-refractivity contribution is -0.0563. The quantitative estimate of drug-likeness (QED) is 0.218. The molecular weight excluding hydrogens is 562 g/mol. The fraction of sp³-hybridized carbons (Fsp3) is 0.429. The van der Waals surface area contributed by atoms with Crippen molar-refractivity contribution in [2.45, 2.75) is 58.1 Å². The lowest BCUT2D eigenvalue weighted by Gasteiger charge is -2.44. The van der Waals surface area contributed by atoms with Gasteiger partial charge in [-0.25, -0.2) is 4.79 Å². The number of hydrogen-bond donors (Lipinski definition) is 3. The molecule has 2 unspecified atom stereocenters. The summed E-state index contributed by atoms with van der Waals surface area (Å²) in [6.07, 6.45) is 2.80. The molecule has 1 fully saturated rings. The van der Waals surface area contributed by atoms with Crippen molar-refractivity contribution in [2.24, 2.45) is 5.92 Å². The average Bonchev–Trinajstić information content (AvgIpc) is 3.02. The third-order valence-electron chi connectivity index (χ3n) is 8.58. The number of carbonyl (C=O) groups excluding carboxylic acids is 2. The number of nitrogens with zero attached hydrogens (tertiary/aromatic N) is 1. The predicted octanol–water partition coefficient (Wildman–Crippen LogP) is 6.47. The smallest absolute Gasteiger partial charge is 0.406 e. The van der Waals surface area contributed by atoms with Gasteiger partial charge in [-0.3, -0.25) is 4.79 Å². The number of methoxy groups -OCH3 is 1. The number of benzene rings is 3. The van der Waals surface area contributed by atoms with Crippen molar-refractivity contribution in [3.8, 4) is 11.1 Å². The number of alkyl carbamates (subject to hydrolysis) is 1. The van der Waals surface area contributed by atoms with Crippen LogP contribution in [-0.4, -0.2) is 55.8 Å². The number of aliphatic hydroxyl groups is 1. The Labute approximate surface area is 260 Å². The van der Waals surface area contributed by atoms with Crippen molar-refractivity contribution in [3.05, 3.63) is 93.5 Å². The van der Waals surface area contributed by atoms with Crippen LogP contribution >= 0.6 is 11.6 Å². The lowest BCUT2D eigenvalue weighted by atomic mass is 9.72. The first-order valence-corrected chi connectivity index (χ1v) is 15.6. The van der Waals surface area contributed by atoms with E-state index < -0.39 is 11.7 Å². The number of nitrogens with one attached hydrogen (secondary N) is 2. The van der Waals surface area contributed by atoms with Crippen LogP contribution in [0.15, 0.2) is 60.7 Å². The summed E-state index contributed by atoms with van der Waals surface area (Å²) in [4.78, 5) is 27.4. The molecular formula is C35H44ClN3O4. The monoisotopic (exact) mass is 605 g/mol. The number of amides is 2. The van der Waals surface area contributed by atoms with Gasteiger partial charge in [-0.2, -0.15) is 0 Å². The van der Waals surface area contributed by atoms with Gasteiger partial charge in [0.25, 0.3) is 5.91 Å². The molecule has 8 heteroatoms. The van der Waals surface area contributed by atoms with E-state index in [0.29, 0.717) is 43.1 Å². The van der Waals surface area contributed by atoms with Gasteiger partial charge < -0.3 is 25.4 Å². The summed E-state index contributed by atoms with van der Waals surface area (Å²) in [5, 5.41) is 19.3. The second-order valence-electron chi connectivity index (χ2n) is 11.4. The van der Waals surface area contributed by atoms with Gasteiger partial charge in [0.2, 0.25) is 0 Å². The molecule has 43 heavy (non-hydrogen) atoms. The highest BCUT2D eigenvalue weighted by atomic mass is 35.5. The predicted molar refractivity (Wildman–Crippen MR) is 172 cm³/mol. The molecule has 3 N–H and O–H groups in total. The van der Waals surface area contributed by atoms with Gasteiger partial charge >= 0.3 is 6.09 Å². The van der Waals surface area contributed by atoms with Crippen molar-refractivity contribution < 1.29 is 19.4 Å². The second kappa shape index (κ2) is 14.9. The summed E-state index contributed by atoms with van der Waals surface area (Å²) in [5.74, 6) is -0.256. The molecule has 1 saturated heterocycles. The first-order chi connectivity index (χ1) is 20.7. The summed E-state index contributed by atoms with van der Waals surface area (Å²) in [7, 11) is 3.23. The molecule has 3 aromatic rings. The van der Waals surface area contributed by atoms with Crippen LogP contribution in [0.3, 0.4) is 0 Å². The largest absolute Gasteiger partial charge is 0.453 e. The lowest BCUT2D eigenvalue weighted by Crippen LogP contribution is -2.48. The third kappa shape index (κ3) is 7.58. The molecule has 1 aliphatic heterocycles. The molecule has 1 heterocycles. The molecule has 0 aliphatic carbocycles. The van der Waals surface area contributed by atoms with Crippen LogP contribution < -0.4 is 10.6 Å². The van der Waals surface area contributed by atoms with Gasteiger partial charge in [-0.1, -0.05) is 67.1 Å². The fourth-order valence-electron chi connectivity index (χ4n) is 6.31. The Morgan fingerprint density at radius 1 is 1.12 bits per heavy atom. The van der Waals surface area contributed by atoms with E-state index in [2.05, 4.69) is 35.8 Å². The minimum Gasteiger partial charge on any atom is -0.453 e. The van der Waals surface area contributed by atoms with E-state index in [-0.39, 0.29) is 11.8 Å². The molecule has 2 atom stereocenters. The van der Waals surface area contributed by atoms with Crippen LogP contribution in [0.4, 0.5) is 4.79 Å². The van der Waals surface area contributed by atoms with Gasteiger partial charge in [0, 0.05) is 48.2 Å². The number of rotatable bonds is 11. The SMILES string of the molecule is CCc1cccc(-c2c(Cl)cccc2C(O)(CCCNC(=O)OC)C2CCCN(C(=O)c3ccc(CNC)cc3C)C2)c1. The van der Waals surface area contributed by atoms with Crippen molar-refractivity contribution in [1.82, 2.24) is 15.5 Å². The van der Waals surface area contributed by atoms with E-state index in [9.17, 15) is 14.7 Å². The van der Waals surface area contributed by atoms with Crippen LogP contribution in [0.2, 0.25) is 5.02 Å². The molecule has 4 rings (SSSR count). The Bertz CT molecular complexity index is 1430. The molecule has 0 spiro atoms. The van der Waals surface area contributed by atoms with Gasteiger partial charge in [0.15, 0.2) is 0 Å². The number of carbonyl (C=O) groups is 2. The van der Waals surface area contributed by atoms with Gasteiger partial charge in [-0.15, -0.1) is 0 Å². The summed E-state index contributed by atoms with van der Waals surface area (Å²) in [6, 6.07) is 19.9. The normalized spacial score (nSPS) is 16.4. The molecule has 0 saturated carbocycles. The van der Waals surface area contributed by atoms with E-state index in [1.807, 2.05) is 61.3 Å². The highest BCUT2D eigenvalue weighted by molar-refractivity contribution is 6.33. The first-order valence-electron chi connectivity index (χ1n) is 15.2. The van der Waals surface area contributed by atoms with Crippen LogP contribution in [0, 0.1) is 12.8 Å². The van der Waals surface area contributed by atoms with E-state index >= 15 is 0 Å². The minimum atomic E-state index is -1.30. The van der Waals surface area contributed by atoms with Crippen LogP contribution in [0.25, 0.3) is 11.1 Å². The number of ether oxygens (including phenoxy) is 1. The zero-order chi connectivity index (χ0) is 31.0. The number of halogens is 1. The zero-order valence-electron chi connectivity index (χ0n) is 25.7. The van der Waals surface area contributed by atoms with Crippen molar-refractivity contribution >= 4 is 23.6 Å². The maximum absolute atomic E-state index is 13.8. The van der Waals surface area contributed by atoms with Gasteiger partial charge in [-0.05, 0) is 86.0 Å². The molecule has 0 aromatic heterocycles. The van der Waals surface area contributed by atoms with Gasteiger partial charge in [0.05, 0.1) is 12.7 Å². The van der Waals surface area contributed by atoms with Crippen LogP contribution in [-0.2, 0) is 23.3 Å². The summed E-state index contributed by atoms with van der Waals surface area (Å²) in [5.41, 5.74) is 5.14. The Hall–Kier alpha value is -3.39. The maximum atomic E-state index is 13.8. The standard InChI is InChI=1S/C35H44ClN3O4/c1-5-25-10-6-11-27(21-25)32-30(13-7-14-31(32)36)35(42,17-9-18-38-34(41)43-4)28-12-8-19-39(23-28)33(40)29-16-15-26(22-37-3)20-24(29)2/h6-7,10-11,13-16,20-21,28,37,42H,5,8-9,12,17-19,22-23H2,1-4H3,(H,38,41). The third-order valence-corrected chi connectivity index (χ3v) is 8.89. The second-order valence-corrected chi connectivity index (χ2v) is 11.8. The highest BCUT2D eigenvalue weighted by Crippen LogP contribution is 2.45. The van der Waals surface area contributed by atoms with E-state index in [1.54, 1.807) is 0 Å². The highest BCUT2D eigenvalue weighted by Gasteiger charge is 2.43. The molecule has 7 nitrogen and oxygen atoms in total. The average molecular weight is 606 g/mol. The zero-order valence-corrected chi connectivity index (χ0v) is 26.5. The van der Waals surface area contributed by atoms with Crippen molar-refractivity contribution in [2.75, 3.05) is 33.8 Å². The molecule has 0 bridgehead atoms. The number of hydrogen-bond acceptors (Lipinski definition) is 5. The number of likely N-dealkylation sites (tertiary alicyclic amines) is 1. The molecule has 3 aromatic carbocycles. The summed E-state index contributed by atoms with van der Waals surface area (Å²) in [6.45, 7) is 6.22. The molecule has 2 amide bonds. The summed E-state index contributed by atoms with van der Waals surface area (Å²) < 4.78 is 4.73. The first kappa shape index (κ1) is 32.5. The fourth-order valence-corrected chi connectivity index (χ4v) is 6.59.